The lowest BCUT2D eigenvalue weighted by Crippen LogP contribution is -2.51. The highest BCUT2D eigenvalue weighted by molar-refractivity contribution is 5.73. The third-order valence-corrected chi connectivity index (χ3v) is 2.13. The molecular weight excluding hydrogens is 232 g/mol. The molecule has 2 N–H and O–H groups in total. The number of aliphatic hydroxyl groups is 1. The lowest BCUT2D eigenvalue weighted by molar-refractivity contribution is -0.175. The van der Waals surface area contributed by atoms with Gasteiger partial charge in [0.15, 0.2) is 6.10 Å². The van der Waals surface area contributed by atoms with E-state index >= 15 is 0 Å². The Kier molecular flexibility index (Phi) is 5.03. The first kappa shape index (κ1) is 10.2. The van der Waals surface area contributed by atoms with Crippen molar-refractivity contribution in [3.63, 3.8) is 0 Å². The van der Waals surface area contributed by atoms with Gasteiger partial charge in [0, 0.05) is 28.3 Å². The van der Waals surface area contributed by atoms with Crippen LogP contribution in [0.2, 0.25) is 0 Å². The molecule has 0 heterocycles. The van der Waals surface area contributed by atoms with Gasteiger partial charge in [-0.2, -0.15) is 0 Å². The minimum absolute atomic E-state index is 0.255. The largest absolute Gasteiger partial charge is 0.479 e. The van der Waals surface area contributed by atoms with Gasteiger partial charge in [-0.1, -0.05) is 0 Å². The van der Waals surface area contributed by atoms with Crippen LogP contribution >= 0.6 is 0 Å². The van der Waals surface area contributed by atoms with E-state index in [0.717, 1.165) is 0 Å². The summed E-state index contributed by atoms with van der Waals surface area (Å²) < 4.78 is 47.0. The molecule has 102 valence electrons. The van der Waals surface area contributed by atoms with Crippen molar-refractivity contribution in [1.29, 1.82) is 0 Å². The van der Waals surface area contributed by atoms with Crippen molar-refractivity contribution in [3.8, 4) is 0 Å². The number of carboxylic acids is 1. The van der Waals surface area contributed by atoms with Crippen molar-refractivity contribution in [3.05, 3.63) is 0 Å². The Morgan fingerprint density at radius 1 is 1.24 bits per heavy atom. The summed E-state index contributed by atoms with van der Waals surface area (Å²) in [5.74, 6) is -1.47. The second-order valence-electron chi connectivity index (χ2n) is 3.12. The van der Waals surface area contributed by atoms with E-state index in [2.05, 4.69) is 0 Å². The molecule has 0 unspecified atom stereocenters. The highest BCUT2D eigenvalue weighted by Gasteiger charge is 2.38. The van der Waals surface area contributed by atoms with Gasteiger partial charge in [0.25, 0.3) is 0 Å². The molecule has 7 nitrogen and oxygen atoms in total. The molecule has 0 aliphatic rings. The van der Waals surface area contributed by atoms with Gasteiger partial charge in [0.05, 0.1) is 12.1 Å². The number of ether oxygens (including phenoxy) is 4. The van der Waals surface area contributed by atoms with E-state index in [-0.39, 0.29) is 6.61 Å². The van der Waals surface area contributed by atoms with Gasteiger partial charge >= 0.3 is 5.97 Å². The van der Waals surface area contributed by atoms with Crippen LogP contribution < -0.4 is 0 Å². The molecule has 7 heteroatoms. The van der Waals surface area contributed by atoms with Gasteiger partial charge in [-0.05, 0) is 0 Å². The first-order valence-electron chi connectivity index (χ1n) is 7.36. The van der Waals surface area contributed by atoms with Crippen molar-refractivity contribution in [2.45, 2.75) is 24.4 Å². The average Bonchev–Trinajstić information content (AvgIpc) is 2.46. The Hall–Kier alpha value is -0.730. The Morgan fingerprint density at radius 3 is 2.47 bits per heavy atom. The molecule has 0 spiro atoms. The average molecular weight is 256 g/mol. The van der Waals surface area contributed by atoms with Crippen LogP contribution in [0.3, 0.4) is 0 Å². The Morgan fingerprint density at radius 2 is 1.94 bits per heavy atom. The van der Waals surface area contributed by atoms with Crippen molar-refractivity contribution >= 4 is 5.97 Å². The zero-order valence-corrected chi connectivity index (χ0v) is 9.28. The summed E-state index contributed by atoms with van der Waals surface area (Å²) in [6.07, 6.45) is -5.84. The van der Waals surface area contributed by atoms with Gasteiger partial charge in [0.1, 0.15) is 18.3 Å². The molecule has 4 atom stereocenters. The topological polar surface area (TPSA) is 94.5 Å². The summed E-state index contributed by atoms with van der Waals surface area (Å²) in [7, 11) is -2.23. The predicted molar refractivity (Wildman–Crippen MR) is 57.9 cm³/mol. The highest BCUT2D eigenvalue weighted by Crippen LogP contribution is 2.13. The number of aliphatic carboxylic acids is 1. The molecule has 0 rings (SSSR count). The van der Waals surface area contributed by atoms with Crippen LogP contribution in [0.4, 0.5) is 0 Å². The number of aliphatic hydroxyl groups excluding tert-OH is 1. The van der Waals surface area contributed by atoms with Crippen LogP contribution in [-0.4, -0.2) is 75.5 Å². The number of rotatable bonds is 9. The minimum Gasteiger partial charge on any atom is -0.479 e. The molecule has 0 aromatic rings. The lowest BCUT2D eigenvalue weighted by atomic mass is 10.0. The second-order valence-corrected chi connectivity index (χ2v) is 3.12. The monoisotopic (exact) mass is 256 g/mol. The van der Waals surface area contributed by atoms with Crippen LogP contribution in [0.1, 0.15) is 5.48 Å². The van der Waals surface area contributed by atoms with E-state index in [1.807, 2.05) is 0 Å². The zero-order valence-electron chi connectivity index (χ0n) is 13.3. The molecule has 0 saturated carbocycles. The molecule has 0 saturated heterocycles. The smallest absolute Gasteiger partial charge is 0.335 e. The standard InChI is InChI=1S/C10H20O7/c1-14-5-6(15-2)7(11)8(16-3)9(17-4)10(12)13/h6-9,11H,5H2,1-4H3,(H,12,13)/t6-,7-,8+,9-/m1/s1/i1D,2D,3D,4D. The molecule has 0 aliphatic carbocycles. The fourth-order valence-corrected chi connectivity index (χ4v) is 1.24. The van der Waals surface area contributed by atoms with Crippen LogP contribution in [0.5, 0.6) is 0 Å². The Labute approximate surface area is 106 Å². The zero-order chi connectivity index (χ0) is 16.3. The van der Waals surface area contributed by atoms with Gasteiger partial charge < -0.3 is 29.2 Å². The maximum absolute atomic E-state index is 11.1. The van der Waals surface area contributed by atoms with E-state index in [1.54, 1.807) is 0 Å². The molecule has 0 fully saturated rings. The molecule has 0 bridgehead atoms. The van der Waals surface area contributed by atoms with Crippen molar-refractivity contribution in [1.82, 2.24) is 0 Å². The van der Waals surface area contributed by atoms with E-state index in [9.17, 15) is 9.90 Å². The summed E-state index contributed by atoms with van der Waals surface area (Å²) in [4.78, 5) is 11.1. The van der Waals surface area contributed by atoms with Crippen molar-refractivity contribution < 1.29 is 39.4 Å². The van der Waals surface area contributed by atoms with Crippen molar-refractivity contribution in [2.75, 3.05) is 35.0 Å². The molecular formula is C10H20O7. The molecule has 17 heavy (non-hydrogen) atoms. The van der Waals surface area contributed by atoms with E-state index in [1.165, 1.54) is 0 Å². The molecule has 0 aromatic carbocycles. The van der Waals surface area contributed by atoms with Crippen LogP contribution in [0, 0.1) is 0 Å². The number of hydrogen-bond donors (Lipinski definition) is 2. The van der Waals surface area contributed by atoms with E-state index < -0.39 is 58.7 Å². The normalized spacial score (nSPS) is 21.5. The van der Waals surface area contributed by atoms with Gasteiger partial charge in [-0.15, -0.1) is 0 Å². The highest BCUT2D eigenvalue weighted by atomic mass is 16.6. The fourth-order valence-electron chi connectivity index (χ4n) is 1.24. The van der Waals surface area contributed by atoms with Gasteiger partial charge in [-0.25, -0.2) is 4.79 Å². The quantitative estimate of drug-likeness (QED) is 0.553. The lowest BCUT2D eigenvalue weighted by Gasteiger charge is -2.30. The molecule has 0 radical (unpaired) electrons. The van der Waals surface area contributed by atoms with Gasteiger partial charge in [-0.3, -0.25) is 0 Å². The summed E-state index contributed by atoms with van der Waals surface area (Å²) in [5.41, 5.74) is 0. The van der Waals surface area contributed by atoms with E-state index in [4.69, 9.17) is 29.5 Å². The minimum atomic E-state index is -1.67. The molecule has 0 aromatic heterocycles. The third kappa shape index (κ3) is 4.57. The van der Waals surface area contributed by atoms with Gasteiger partial charge in [0.2, 0.25) is 0 Å². The number of methoxy groups -OCH3 is 4. The number of hydrogen-bond acceptors (Lipinski definition) is 6. The summed E-state index contributed by atoms with van der Waals surface area (Å²) in [5, 5.41) is 19.2. The van der Waals surface area contributed by atoms with Crippen LogP contribution in [0.15, 0.2) is 0 Å². The first-order valence-corrected chi connectivity index (χ1v) is 4.53. The summed E-state index contributed by atoms with van der Waals surface area (Å²) >= 11 is 0. The maximum atomic E-state index is 11.1. The number of carboxylic acid groups (broad SMARTS) is 1. The maximum Gasteiger partial charge on any atom is 0.335 e. The summed E-state index contributed by atoms with van der Waals surface area (Å²) in [6, 6.07) is 0. The fraction of sp³-hybridized carbons (Fsp3) is 0.900. The SMILES string of the molecule is [2H]COC[C@@H](OC[2H])[C@@H](O)[C@H](OC[2H])[C@@H](OC[2H])C(=O)O. The number of carbonyl (C=O) groups is 1. The van der Waals surface area contributed by atoms with E-state index in [0.29, 0.717) is 0 Å². The van der Waals surface area contributed by atoms with Crippen LogP contribution in [-0.2, 0) is 23.7 Å². The Balaban J connectivity index is 5.03. The van der Waals surface area contributed by atoms with Crippen LogP contribution in [0.25, 0.3) is 0 Å². The second kappa shape index (κ2) is 8.37. The predicted octanol–water partition coefficient (Wildman–Crippen LogP) is -0.877. The molecule has 0 aliphatic heterocycles. The Bertz CT molecular complexity index is 284. The third-order valence-electron chi connectivity index (χ3n) is 2.13. The summed E-state index contributed by atoms with van der Waals surface area (Å²) in [6.45, 7) is -0.255. The first-order chi connectivity index (χ1) is 10.0. The molecule has 0 amide bonds. The van der Waals surface area contributed by atoms with Crippen molar-refractivity contribution in [2.24, 2.45) is 0 Å².